The monoisotopic (exact) mass is 507 g/mol. The van der Waals surface area contributed by atoms with Crippen LogP contribution in [0, 0.1) is 5.82 Å². The van der Waals surface area contributed by atoms with E-state index in [9.17, 15) is 4.39 Å². The maximum absolute atomic E-state index is 13.4. The molecular weight excluding hydrogens is 485 g/mol. The van der Waals surface area contributed by atoms with Crippen molar-refractivity contribution in [2.45, 2.75) is 12.1 Å². The molecule has 6 rings (SSSR count). The predicted octanol–water partition coefficient (Wildman–Crippen LogP) is 7.45. The molecule has 2 aromatic heterocycles. The van der Waals surface area contributed by atoms with Crippen molar-refractivity contribution in [3.63, 3.8) is 0 Å². The maximum atomic E-state index is 13.4. The first-order valence-electron chi connectivity index (χ1n) is 11.8. The second kappa shape index (κ2) is 9.87. The Kier molecular flexibility index (Phi) is 6.12. The summed E-state index contributed by atoms with van der Waals surface area (Å²) >= 11 is 5.80. The molecule has 0 bridgehead atoms. The van der Waals surface area contributed by atoms with Crippen molar-refractivity contribution in [1.82, 2.24) is 10.3 Å². The van der Waals surface area contributed by atoms with Gasteiger partial charge in [-0.1, -0.05) is 24.3 Å². The van der Waals surface area contributed by atoms with Crippen LogP contribution in [0.25, 0.3) is 11.3 Å². The van der Waals surface area contributed by atoms with Crippen LogP contribution in [0.4, 0.5) is 10.1 Å². The van der Waals surface area contributed by atoms with Crippen molar-refractivity contribution in [2.75, 3.05) is 4.90 Å². The first-order chi connectivity index (χ1) is 18.2. The van der Waals surface area contributed by atoms with Crippen molar-refractivity contribution in [2.24, 2.45) is 0 Å². The fourth-order valence-corrected chi connectivity index (χ4v) is 4.85. The van der Waals surface area contributed by atoms with Gasteiger partial charge in [-0.3, -0.25) is 4.98 Å². The first-order valence-corrected chi connectivity index (χ1v) is 12.3. The minimum absolute atomic E-state index is 0.235. The molecule has 0 spiro atoms. The first kappa shape index (κ1) is 22.9. The van der Waals surface area contributed by atoms with Crippen molar-refractivity contribution in [1.29, 1.82) is 0 Å². The summed E-state index contributed by atoms with van der Waals surface area (Å²) in [6.45, 7) is 0. The van der Waals surface area contributed by atoms with Gasteiger partial charge in [-0.2, -0.15) is 0 Å². The molecule has 2 atom stereocenters. The Hall–Kier alpha value is -4.49. The second-order valence-electron chi connectivity index (χ2n) is 8.61. The Balaban J connectivity index is 1.35. The summed E-state index contributed by atoms with van der Waals surface area (Å²) in [6.07, 6.45) is 1.77. The molecule has 1 N–H and O–H groups in total. The van der Waals surface area contributed by atoms with Crippen LogP contribution in [0.5, 0.6) is 11.5 Å². The van der Waals surface area contributed by atoms with Crippen molar-refractivity contribution < 1.29 is 13.5 Å². The zero-order valence-corrected chi connectivity index (χ0v) is 20.4. The number of thiocarbonyl (C=S) groups is 1. The van der Waals surface area contributed by atoms with E-state index < -0.39 is 0 Å². The van der Waals surface area contributed by atoms with E-state index in [1.54, 1.807) is 18.3 Å². The van der Waals surface area contributed by atoms with Crippen molar-refractivity contribution in [3.8, 4) is 22.8 Å². The van der Waals surface area contributed by atoms with E-state index >= 15 is 0 Å². The highest BCUT2D eigenvalue weighted by Crippen LogP contribution is 2.43. The van der Waals surface area contributed by atoms with E-state index in [1.165, 1.54) is 12.1 Å². The lowest BCUT2D eigenvalue weighted by Crippen LogP contribution is -2.29. The molecular formula is C30H22FN3O2S. The highest BCUT2D eigenvalue weighted by molar-refractivity contribution is 7.80. The normalized spacial score (nSPS) is 17.0. The number of halogens is 1. The Labute approximate surface area is 219 Å². The van der Waals surface area contributed by atoms with Gasteiger partial charge in [0.2, 0.25) is 0 Å². The summed E-state index contributed by atoms with van der Waals surface area (Å²) in [5, 5.41) is 4.00. The molecule has 3 heterocycles. The van der Waals surface area contributed by atoms with E-state index in [1.807, 2.05) is 89.8 Å². The zero-order chi connectivity index (χ0) is 25.2. The number of aromatic nitrogens is 1. The van der Waals surface area contributed by atoms with Gasteiger partial charge < -0.3 is 19.4 Å². The van der Waals surface area contributed by atoms with Gasteiger partial charge >= 0.3 is 0 Å². The van der Waals surface area contributed by atoms with Crippen LogP contribution in [0.15, 0.2) is 120 Å². The van der Waals surface area contributed by atoms with Crippen LogP contribution in [0.2, 0.25) is 0 Å². The third-order valence-electron chi connectivity index (χ3n) is 6.24. The number of furan rings is 1. The van der Waals surface area contributed by atoms with Crippen molar-refractivity contribution in [3.05, 3.63) is 133 Å². The summed E-state index contributed by atoms with van der Waals surface area (Å²) < 4.78 is 25.7. The number of nitrogens with one attached hydrogen (secondary N) is 1. The molecule has 1 aliphatic heterocycles. The standard InChI is InChI=1S/C30H22FN3O2S/c31-21-11-9-20(10-12-21)26-17-18-27(36-26)29-28(25-8-4-5-19-32-25)33-30(37)34(29)22-13-15-24(16-14-22)35-23-6-2-1-3-7-23/h1-19,28-29H,(H,33,37)/t28-,29+/m1/s1. The topological polar surface area (TPSA) is 50.5 Å². The molecule has 1 aliphatic rings. The number of rotatable bonds is 6. The van der Waals surface area contributed by atoms with Crippen LogP contribution >= 0.6 is 12.2 Å². The number of para-hydroxylation sites is 1. The highest BCUT2D eigenvalue weighted by atomic mass is 32.1. The average molecular weight is 508 g/mol. The molecule has 1 fully saturated rings. The number of benzene rings is 3. The second-order valence-corrected chi connectivity index (χ2v) is 9.00. The third kappa shape index (κ3) is 4.69. The molecule has 182 valence electrons. The van der Waals surface area contributed by atoms with Gasteiger partial charge in [0.1, 0.15) is 34.9 Å². The van der Waals surface area contributed by atoms with E-state index in [2.05, 4.69) is 10.3 Å². The highest BCUT2D eigenvalue weighted by Gasteiger charge is 2.42. The molecule has 1 saturated heterocycles. The largest absolute Gasteiger partial charge is 0.459 e. The fourth-order valence-electron chi connectivity index (χ4n) is 4.50. The molecule has 5 aromatic rings. The fraction of sp³-hybridized carbons (Fsp3) is 0.0667. The summed E-state index contributed by atoms with van der Waals surface area (Å²) in [5.74, 6) is 2.57. The molecule has 5 nitrogen and oxygen atoms in total. The lowest BCUT2D eigenvalue weighted by molar-refractivity contribution is 0.439. The molecule has 37 heavy (non-hydrogen) atoms. The van der Waals surface area contributed by atoms with Gasteiger partial charge in [0.05, 0.1) is 11.7 Å². The van der Waals surface area contributed by atoms with E-state index in [0.717, 1.165) is 28.4 Å². The van der Waals surface area contributed by atoms with E-state index in [4.69, 9.17) is 21.4 Å². The number of anilines is 1. The van der Waals surface area contributed by atoms with Gasteiger partial charge in [-0.25, -0.2) is 4.39 Å². The van der Waals surface area contributed by atoms with Crippen LogP contribution in [-0.4, -0.2) is 10.1 Å². The Morgan fingerprint density at radius 3 is 2.27 bits per heavy atom. The number of hydrogen-bond acceptors (Lipinski definition) is 4. The summed E-state index contributed by atoms with van der Waals surface area (Å²) in [4.78, 5) is 6.62. The number of nitrogens with zero attached hydrogens (tertiary/aromatic N) is 2. The summed E-state index contributed by atoms with van der Waals surface area (Å²) in [5.41, 5.74) is 2.53. The zero-order valence-electron chi connectivity index (χ0n) is 19.6. The Morgan fingerprint density at radius 2 is 1.54 bits per heavy atom. The van der Waals surface area contributed by atoms with Gasteiger partial charge in [-0.15, -0.1) is 0 Å². The SMILES string of the molecule is Fc1ccc(-c2ccc([C@H]3[C@@H](c4ccccn4)NC(=S)N3c3ccc(Oc4ccccc4)cc3)o2)cc1. The minimum Gasteiger partial charge on any atom is -0.459 e. The lowest BCUT2D eigenvalue weighted by atomic mass is 10.0. The van der Waals surface area contributed by atoms with Crippen LogP contribution in [0.1, 0.15) is 23.5 Å². The van der Waals surface area contributed by atoms with Crippen LogP contribution in [0.3, 0.4) is 0 Å². The molecule has 7 heteroatoms. The number of pyridine rings is 1. The van der Waals surface area contributed by atoms with Gasteiger partial charge in [-0.05, 0) is 97.1 Å². The summed E-state index contributed by atoms with van der Waals surface area (Å²) in [7, 11) is 0. The van der Waals surface area contributed by atoms with E-state index in [0.29, 0.717) is 16.6 Å². The Bertz CT molecular complexity index is 1510. The molecule has 3 aromatic carbocycles. The van der Waals surface area contributed by atoms with Gasteiger partial charge in [0.15, 0.2) is 5.11 Å². The molecule has 0 unspecified atom stereocenters. The van der Waals surface area contributed by atoms with Gasteiger partial charge in [0.25, 0.3) is 0 Å². The molecule has 0 radical (unpaired) electrons. The predicted molar refractivity (Wildman–Crippen MR) is 145 cm³/mol. The van der Waals surface area contributed by atoms with Crippen LogP contribution in [-0.2, 0) is 0 Å². The lowest BCUT2D eigenvalue weighted by Gasteiger charge is -2.26. The minimum atomic E-state index is -0.294. The average Bonchev–Trinajstić information content (AvgIpc) is 3.55. The quantitative estimate of drug-likeness (QED) is 0.241. The van der Waals surface area contributed by atoms with Crippen LogP contribution < -0.4 is 15.0 Å². The molecule has 0 aliphatic carbocycles. The smallest absolute Gasteiger partial charge is 0.174 e. The Morgan fingerprint density at radius 1 is 0.811 bits per heavy atom. The number of ether oxygens (including phenoxy) is 1. The maximum Gasteiger partial charge on any atom is 0.174 e. The molecule has 0 saturated carbocycles. The van der Waals surface area contributed by atoms with E-state index in [-0.39, 0.29) is 17.9 Å². The number of hydrogen-bond donors (Lipinski definition) is 1. The van der Waals surface area contributed by atoms with Gasteiger partial charge in [0, 0.05) is 17.4 Å². The summed E-state index contributed by atoms with van der Waals surface area (Å²) in [6, 6.07) is 32.8. The molecule has 0 amide bonds. The third-order valence-corrected chi connectivity index (χ3v) is 6.55. The van der Waals surface area contributed by atoms with Crippen molar-refractivity contribution >= 4 is 23.0 Å².